The highest BCUT2D eigenvalue weighted by atomic mass is 32.1. The third-order valence-corrected chi connectivity index (χ3v) is 4.25. The largest absolute Gasteiger partial charge is 0.480 e. The van der Waals surface area contributed by atoms with Gasteiger partial charge in [-0.1, -0.05) is 36.5 Å². The van der Waals surface area contributed by atoms with Crippen molar-refractivity contribution in [3.05, 3.63) is 36.5 Å². The molecular weight excluding hydrogens is 344 g/mol. The molecule has 4 nitrogen and oxygen atoms in total. The fraction of sp³-hybridized carbons (Fsp3) is 0.667. The molecule has 0 bridgehead atoms. The van der Waals surface area contributed by atoms with Crippen molar-refractivity contribution in [3.8, 4) is 0 Å². The van der Waals surface area contributed by atoms with E-state index in [0.29, 0.717) is 13.0 Å². The summed E-state index contributed by atoms with van der Waals surface area (Å²) in [4.78, 5) is 11.3. The van der Waals surface area contributed by atoms with Crippen LogP contribution >= 0.6 is 12.6 Å². The molecule has 1 atom stereocenters. The summed E-state index contributed by atoms with van der Waals surface area (Å²) in [6, 6.07) is -0.449. The number of unbranched alkanes of at least 4 members (excludes halogenated alkanes) is 3. The van der Waals surface area contributed by atoms with E-state index in [-0.39, 0.29) is 0 Å². The molecule has 0 fully saturated rings. The fourth-order valence-corrected chi connectivity index (χ4v) is 2.60. The van der Waals surface area contributed by atoms with Crippen molar-refractivity contribution in [2.45, 2.75) is 64.3 Å². The van der Waals surface area contributed by atoms with Crippen molar-refractivity contribution in [2.24, 2.45) is 0 Å². The van der Waals surface area contributed by atoms with Crippen molar-refractivity contribution in [1.82, 2.24) is 10.6 Å². The summed E-state index contributed by atoms with van der Waals surface area (Å²) in [6.07, 6.45) is 21.0. The summed E-state index contributed by atoms with van der Waals surface area (Å²) in [7, 11) is 0. The van der Waals surface area contributed by atoms with Gasteiger partial charge in [0.05, 0.1) is 0 Å². The summed E-state index contributed by atoms with van der Waals surface area (Å²) in [5, 5.41) is 15.7. The van der Waals surface area contributed by atoms with Gasteiger partial charge < -0.3 is 15.7 Å². The van der Waals surface area contributed by atoms with Crippen LogP contribution in [0.3, 0.4) is 0 Å². The molecule has 0 aliphatic carbocycles. The van der Waals surface area contributed by atoms with Gasteiger partial charge in [0.15, 0.2) is 0 Å². The highest BCUT2D eigenvalue weighted by Gasteiger charge is 2.15. The average Bonchev–Trinajstić information content (AvgIpc) is 2.63. The molecule has 3 N–H and O–H groups in total. The van der Waals surface area contributed by atoms with E-state index in [4.69, 9.17) is 0 Å². The highest BCUT2D eigenvalue weighted by Crippen LogP contribution is 2.04. The monoisotopic (exact) mass is 382 g/mol. The zero-order valence-electron chi connectivity index (χ0n) is 16.3. The number of rotatable bonds is 18. The van der Waals surface area contributed by atoms with E-state index < -0.39 is 12.0 Å². The van der Waals surface area contributed by atoms with Gasteiger partial charge in [0.25, 0.3) is 0 Å². The Morgan fingerprint density at radius 1 is 0.923 bits per heavy atom. The van der Waals surface area contributed by atoms with Crippen LogP contribution < -0.4 is 10.6 Å². The second-order valence-corrected chi connectivity index (χ2v) is 6.72. The number of thiol groups is 1. The smallest absolute Gasteiger partial charge is 0.320 e. The van der Waals surface area contributed by atoms with E-state index >= 15 is 0 Å². The van der Waals surface area contributed by atoms with Crippen LogP contribution in [0.25, 0.3) is 0 Å². The van der Waals surface area contributed by atoms with Crippen molar-refractivity contribution in [2.75, 3.05) is 25.4 Å². The summed E-state index contributed by atoms with van der Waals surface area (Å²) >= 11 is 4.16. The van der Waals surface area contributed by atoms with E-state index in [0.717, 1.165) is 63.8 Å². The van der Waals surface area contributed by atoms with Gasteiger partial charge in [-0.25, -0.2) is 0 Å². The lowest BCUT2D eigenvalue weighted by atomic mass is 10.1. The predicted octanol–water partition coefficient (Wildman–Crippen LogP) is 4.36. The van der Waals surface area contributed by atoms with E-state index in [2.05, 4.69) is 59.7 Å². The summed E-state index contributed by atoms with van der Waals surface area (Å²) in [6.45, 7) is 4.45. The lowest BCUT2D eigenvalue weighted by molar-refractivity contribution is -0.139. The minimum atomic E-state index is -0.757. The molecule has 0 aromatic rings. The van der Waals surface area contributed by atoms with Crippen molar-refractivity contribution < 1.29 is 9.90 Å². The Balaban J connectivity index is 3.65. The Morgan fingerprint density at radius 3 is 2.12 bits per heavy atom. The maximum atomic E-state index is 11.3. The minimum Gasteiger partial charge on any atom is -0.480 e. The normalized spacial score (nSPS) is 13.3. The van der Waals surface area contributed by atoms with Gasteiger partial charge in [-0.3, -0.25) is 4.79 Å². The number of allylic oxidation sites excluding steroid dienone is 6. The Hall–Kier alpha value is -1.04. The molecule has 150 valence electrons. The quantitative estimate of drug-likeness (QED) is 0.162. The second-order valence-electron chi connectivity index (χ2n) is 6.27. The number of hydrogen-bond donors (Lipinski definition) is 4. The molecule has 1 unspecified atom stereocenters. The van der Waals surface area contributed by atoms with Crippen molar-refractivity contribution in [3.63, 3.8) is 0 Å². The molecule has 0 amide bonds. The zero-order valence-corrected chi connectivity index (χ0v) is 17.2. The van der Waals surface area contributed by atoms with Crippen LogP contribution in [-0.2, 0) is 4.79 Å². The fourth-order valence-electron chi connectivity index (χ4n) is 2.44. The topological polar surface area (TPSA) is 61.4 Å². The van der Waals surface area contributed by atoms with Gasteiger partial charge in [-0.2, -0.15) is 12.6 Å². The van der Waals surface area contributed by atoms with E-state index in [1.807, 2.05) is 6.92 Å². The molecule has 5 heteroatoms. The molecule has 0 heterocycles. The first-order valence-corrected chi connectivity index (χ1v) is 10.5. The van der Waals surface area contributed by atoms with E-state index in [1.54, 1.807) is 0 Å². The summed E-state index contributed by atoms with van der Waals surface area (Å²) in [5.74, 6) is 0.117. The summed E-state index contributed by atoms with van der Waals surface area (Å²) < 4.78 is 0. The van der Waals surface area contributed by atoms with Crippen LogP contribution in [-0.4, -0.2) is 42.5 Å². The van der Waals surface area contributed by atoms with Gasteiger partial charge in [0.2, 0.25) is 0 Å². The van der Waals surface area contributed by atoms with Gasteiger partial charge in [-0.05, 0) is 70.6 Å². The third kappa shape index (κ3) is 17.8. The second kappa shape index (κ2) is 20.3. The minimum absolute atomic E-state index is 0.449. The number of carboxylic acid groups (broad SMARTS) is 1. The van der Waals surface area contributed by atoms with E-state index in [9.17, 15) is 9.90 Å². The Morgan fingerprint density at radius 2 is 1.54 bits per heavy atom. The summed E-state index contributed by atoms with van der Waals surface area (Å²) in [5.41, 5.74) is 0. The Labute approximate surface area is 165 Å². The van der Waals surface area contributed by atoms with Crippen LogP contribution in [0.4, 0.5) is 0 Å². The molecule has 0 rings (SSSR count). The van der Waals surface area contributed by atoms with Crippen LogP contribution in [0.5, 0.6) is 0 Å². The molecule has 0 radical (unpaired) electrons. The average molecular weight is 383 g/mol. The zero-order chi connectivity index (χ0) is 19.3. The van der Waals surface area contributed by atoms with Gasteiger partial charge in [-0.15, -0.1) is 0 Å². The van der Waals surface area contributed by atoms with Crippen LogP contribution in [0, 0.1) is 0 Å². The van der Waals surface area contributed by atoms with Crippen LogP contribution in [0.1, 0.15) is 58.3 Å². The molecule has 0 aliphatic rings. The SMILES string of the molecule is CC=CCCC=CCCC=CCCCC(NCCNCCCS)C(=O)O. The van der Waals surface area contributed by atoms with E-state index in [1.165, 1.54) is 0 Å². The van der Waals surface area contributed by atoms with Crippen LogP contribution in [0.2, 0.25) is 0 Å². The molecule has 0 aliphatic heterocycles. The lowest BCUT2D eigenvalue weighted by Gasteiger charge is -2.14. The van der Waals surface area contributed by atoms with Crippen LogP contribution in [0.15, 0.2) is 36.5 Å². The number of carbonyl (C=O) groups is 1. The van der Waals surface area contributed by atoms with Crippen molar-refractivity contribution >= 4 is 18.6 Å². The number of hydrogen-bond acceptors (Lipinski definition) is 4. The van der Waals surface area contributed by atoms with Gasteiger partial charge >= 0.3 is 5.97 Å². The predicted molar refractivity (Wildman–Crippen MR) is 116 cm³/mol. The molecule has 0 aromatic carbocycles. The third-order valence-electron chi connectivity index (χ3n) is 3.93. The first-order chi connectivity index (χ1) is 12.7. The molecule has 26 heavy (non-hydrogen) atoms. The molecule has 0 saturated carbocycles. The standard InChI is InChI=1S/C21H38N2O2S/c1-2-3-4-5-6-7-8-9-10-11-12-13-15-20(21(24)25)23-18-17-22-16-14-19-26/h2-3,6-7,10-11,20,22-23,26H,4-5,8-9,12-19H2,1H3,(H,24,25). The number of aliphatic carboxylic acids is 1. The number of nitrogens with one attached hydrogen (secondary N) is 2. The molecule has 0 aromatic heterocycles. The van der Waals surface area contributed by atoms with Gasteiger partial charge in [0.1, 0.15) is 6.04 Å². The molecule has 0 spiro atoms. The van der Waals surface area contributed by atoms with Gasteiger partial charge in [0, 0.05) is 13.1 Å². The maximum absolute atomic E-state index is 11.3. The highest BCUT2D eigenvalue weighted by molar-refractivity contribution is 7.80. The first kappa shape index (κ1) is 25.0. The Bertz CT molecular complexity index is 409. The maximum Gasteiger partial charge on any atom is 0.320 e. The van der Waals surface area contributed by atoms with Crippen molar-refractivity contribution in [1.29, 1.82) is 0 Å². The lowest BCUT2D eigenvalue weighted by Crippen LogP contribution is -2.40. The molecular formula is C21H38N2O2S. The molecule has 0 saturated heterocycles. The Kier molecular flexibility index (Phi) is 19.5. The number of carboxylic acids is 1. The first-order valence-electron chi connectivity index (χ1n) is 9.91.